The van der Waals surface area contributed by atoms with Crippen LogP contribution < -0.4 is 15.4 Å². The fourth-order valence-corrected chi connectivity index (χ4v) is 4.43. The van der Waals surface area contributed by atoms with Gasteiger partial charge in [0.05, 0.1) is 34.8 Å². The molecule has 3 N–H and O–H groups in total. The zero-order valence-corrected chi connectivity index (χ0v) is 20.7. The van der Waals surface area contributed by atoms with E-state index in [0.717, 1.165) is 16.9 Å². The number of carbonyl (C=O) groups is 1. The van der Waals surface area contributed by atoms with Gasteiger partial charge in [-0.15, -0.1) is 0 Å². The predicted octanol–water partition coefficient (Wildman–Crippen LogP) is 5.20. The fourth-order valence-electron chi connectivity index (χ4n) is 4.24. The summed E-state index contributed by atoms with van der Waals surface area (Å²) in [6.07, 6.45) is -0.109. The maximum absolute atomic E-state index is 14.8. The van der Waals surface area contributed by atoms with Crippen molar-refractivity contribution in [2.75, 3.05) is 25.1 Å². The summed E-state index contributed by atoms with van der Waals surface area (Å²) in [6, 6.07) is 19.2. The second-order valence-corrected chi connectivity index (χ2v) is 9.20. The van der Waals surface area contributed by atoms with E-state index in [-0.39, 0.29) is 25.2 Å². The van der Waals surface area contributed by atoms with E-state index in [4.69, 9.17) is 21.1 Å². The fraction of sp³-hybridized carbons (Fsp3) is 0.214. The number of morpholine rings is 1. The quantitative estimate of drug-likeness (QED) is 0.278. The number of fused-ring (bicyclic) bond motifs is 1. The first kappa shape index (κ1) is 25.0. The molecule has 1 fully saturated rings. The lowest BCUT2D eigenvalue weighted by Crippen LogP contribution is -2.42. The number of imidazole rings is 1. The molecule has 1 aromatic heterocycles. The maximum Gasteiger partial charge on any atom is 0.262 e. The highest BCUT2D eigenvalue weighted by Gasteiger charge is 2.27. The summed E-state index contributed by atoms with van der Waals surface area (Å²) in [4.78, 5) is 20.5. The van der Waals surface area contributed by atoms with E-state index in [1.54, 1.807) is 36.4 Å². The van der Waals surface area contributed by atoms with Gasteiger partial charge in [0, 0.05) is 24.2 Å². The Morgan fingerprint density at radius 1 is 1.16 bits per heavy atom. The summed E-state index contributed by atoms with van der Waals surface area (Å²) < 4.78 is 26.4. The number of nitrogens with zero attached hydrogens (tertiary/aromatic N) is 1. The second-order valence-electron chi connectivity index (χ2n) is 8.79. The average molecular weight is 521 g/mol. The van der Waals surface area contributed by atoms with Gasteiger partial charge >= 0.3 is 0 Å². The largest absolute Gasteiger partial charge is 0.482 e. The van der Waals surface area contributed by atoms with E-state index in [1.807, 2.05) is 24.3 Å². The van der Waals surface area contributed by atoms with Crippen LogP contribution in [-0.4, -0.2) is 41.7 Å². The van der Waals surface area contributed by atoms with Crippen molar-refractivity contribution in [3.8, 4) is 5.75 Å². The Morgan fingerprint density at radius 2 is 1.97 bits per heavy atom. The molecule has 0 bridgehead atoms. The van der Waals surface area contributed by atoms with Crippen LogP contribution in [0.15, 0.2) is 78.9 Å². The third-order valence-electron chi connectivity index (χ3n) is 6.20. The van der Waals surface area contributed by atoms with Gasteiger partial charge in [0.15, 0.2) is 6.61 Å². The lowest BCUT2D eigenvalue weighted by atomic mass is 9.98. The summed E-state index contributed by atoms with van der Waals surface area (Å²) in [7, 11) is 0. The van der Waals surface area contributed by atoms with E-state index >= 15 is 0 Å². The van der Waals surface area contributed by atoms with E-state index in [1.165, 1.54) is 6.07 Å². The molecule has 0 spiro atoms. The molecule has 1 saturated heterocycles. The van der Waals surface area contributed by atoms with Crippen LogP contribution in [0.1, 0.15) is 17.4 Å². The van der Waals surface area contributed by atoms with Gasteiger partial charge in [0.25, 0.3) is 5.91 Å². The zero-order chi connectivity index (χ0) is 25.8. The Balaban J connectivity index is 1.19. The molecular formula is C28H26ClFN4O3. The summed E-state index contributed by atoms with van der Waals surface area (Å²) in [5.74, 6) is 0.343. The minimum absolute atomic E-state index is 0.0853. The molecule has 190 valence electrons. The number of H-pyrrole nitrogens is 1. The zero-order valence-electron chi connectivity index (χ0n) is 20.0. The topological polar surface area (TPSA) is 88.3 Å². The SMILES string of the molecule is C=C(Cc1c(F)cccc1NC(=O)COc1ccccc1Cl)C1CNC(c2nc3ccccc3[nH]2)CO1. The van der Waals surface area contributed by atoms with E-state index < -0.39 is 11.7 Å². The van der Waals surface area contributed by atoms with Crippen molar-refractivity contribution in [3.05, 3.63) is 101 Å². The smallest absolute Gasteiger partial charge is 0.262 e. The van der Waals surface area contributed by atoms with Crippen LogP contribution in [0.2, 0.25) is 5.02 Å². The molecule has 0 aliphatic carbocycles. The Kier molecular flexibility index (Phi) is 7.50. The van der Waals surface area contributed by atoms with Crippen molar-refractivity contribution in [2.24, 2.45) is 0 Å². The minimum Gasteiger partial charge on any atom is -0.482 e. The molecule has 2 heterocycles. The van der Waals surface area contributed by atoms with Crippen LogP contribution in [0.25, 0.3) is 11.0 Å². The molecule has 1 aliphatic rings. The van der Waals surface area contributed by atoms with Crippen LogP contribution in [0.4, 0.5) is 10.1 Å². The number of hydrogen-bond donors (Lipinski definition) is 3. The van der Waals surface area contributed by atoms with Crippen LogP contribution in [0.5, 0.6) is 5.75 Å². The first-order chi connectivity index (χ1) is 18.0. The number of nitrogens with one attached hydrogen (secondary N) is 3. The van der Waals surface area contributed by atoms with Crippen molar-refractivity contribution >= 4 is 34.2 Å². The molecule has 2 atom stereocenters. The molecule has 1 aliphatic heterocycles. The van der Waals surface area contributed by atoms with Crippen LogP contribution in [-0.2, 0) is 16.0 Å². The Labute approximate surface area is 218 Å². The highest BCUT2D eigenvalue weighted by Crippen LogP contribution is 2.27. The third kappa shape index (κ3) is 5.83. The number of amides is 1. The summed E-state index contributed by atoms with van der Waals surface area (Å²) in [5.41, 5.74) is 3.26. The van der Waals surface area contributed by atoms with E-state index in [9.17, 15) is 9.18 Å². The number of hydrogen-bond acceptors (Lipinski definition) is 5. The second kappa shape index (κ2) is 11.1. The van der Waals surface area contributed by atoms with Gasteiger partial charge in [-0.25, -0.2) is 9.37 Å². The first-order valence-electron chi connectivity index (χ1n) is 11.9. The van der Waals surface area contributed by atoms with Crippen molar-refractivity contribution in [3.63, 3.8) is 0 Å². The van der Waals surface area contributed by atoms with Crippen molar-refractivity contribution in [1.82, 2.24) is 15.3 Å². The minimum atomic E-state index is -0.435. The molecule has 9 heteroatoms. The molecule has 5 rings (SSSR count). The standard InChI is InChI=1S/C28H26ClFN4O3/c1-17(26-14-31-24(15-36-26)28-33-22-9-3-4-10-23(22)34-28)13-18-20(30)8-6-11-21(18)32-27(35)16-37-25-12-5-2-7-19(25)29/h2-12,24,26,31H,1,13-16H2,(H,32,35)(H,33,34). The summed E-state index contributed by atoms with van der Waals surface area (Å²) in [6.45, 7) is 4.78. The number of rotatable bonds is 8. The number of ether oxygens (including phenoxy) is 2. The van der Waals surface area contributed by atoms with Crippen molar-refractivity contribution in [1.29, 1.82) is 0 Å². The van der Waals surface area contributed by atoms with E-state index in [2.05, 4.69) is 27.2 Å². The molecule has 1 amide bonds. The summed E-state index contributed by atoms with van der Waals surface area (Å²) >= 11 is 6.07. The maximum atomic E-state index is 14.8. The third-order valence-corrected chi connectivity index (χ3v) is 6.51. The molecular weight excluding hydrogens is 495 g/mol. The van der Waals surface area contributed by atoms with Gasteiger partial charge in [0.1, 0.15) is 17.4 Å². The van der Waals surface area contributed by atoms with Crippen LogP contribution >= 0.6 is 11.6 Å². The molecule has 4 aromatic rings. The van der Waals surface area contributed by atoms with Gasteiger partial charge in [-0.2, -0.15) is 0 Å². The number of anilines is 1. The van der Waals surface area contributed by atoms with E-state index in [0.29, 0.717) is 40.7 Å². The predicted molar refractivity (Wildman–Crippen MR) is 141 cm³/mol. The van der Waals surface area contributed by atoms with Crippen molar-refractivity contribution in [2.45, 2.75) is 18.6 Å². The molecule has 7 nitrogen and oxygen atoms in total. The van der Waals surface area contributed by atoms with Gasteiger partial charge in [-0.3, -0.25) is 4.79 Å². The van der Waals surface area contributed by atoms with Gasteiger partial charge in [0.2, 0.25) is 0 Å². The molecule has 0 saturated carbocycles. The van der Waals surface area contributed by atoms with Crippen LogP contribution in [0, 0.1) is 5.82 Å². The van der Waals surface area contributed by atoms with Gasteiger partial charge < -0.3 is 25.1 Å². The average Bonchev–Trinajstić information content (AvgIpc) is 3.35. The number of aromatic nitrogens is 2. The lowest BCUT2D eigenvalue weighted by molar-refractivity contribution is -0.118. The number of para-hydroxylation sites is 3. The van der Waals surface area contributed by atoms with Crippen molar-refractivity contribution < 1.29 is 18.7 Å². The van der Waals surface area contributed by atoms with Gasteiger partial charge in [-0.1, -0.05) is 48.5 Å². The number of aromatic amines is 1. The number of halogens is 2. The molecule has 0 radical (unpaired) electrons. The normalized spacial score (nSPS) is 17.5. The lowest BCUT2D eigenvalue weighted by Gasteiger charge is -2.31. The molecule has 2 unspecified atom stereocenters. The monoisotopic (exact) mass is 520 g/mol. The molecule has 3 aromatic carbocycles. The number of benzene rings is 3. The Morgan fingerprint density at radius 3 is 2.76 bits per heavy atom. The summed E-state index contributed by atoms with van der Waals surface area (Å²) in [5, 5.41) is 6.58. The van der Waals surface area contributed by atoms with Crippen LogP contribution in [0.3, 0.4) is 0 Å². The Bertz CT molecular complexity index is 1400. The van der Waals surface area contributed by atoms with Gasteiger partial charge in [-0.05, 0) is 42.0 Å². The molecule has 37 heavy (non-hydrogen) atoms. The first-order valence-corrected chi connectivity index (χ1v) is 12.3. The highest BCUT2D eigenvalue weighted by atomic mass is 35.5. The highest BCUT2D eigenvalue weighted by molar-refractivity contribution is 6.32. The Hall–Kier alpha value is -3.72. The number of carbonyl (C=O) groups excluding carboxylic acids is 1.